The van der Waals surface area contributed by atoms with Crippen molar-refractivity contribution in [3.05, 3.63) is 39.7 Å². The third-order valence-electron chi connectivity index (χ3n) is 2.71. The Morgan fingerprint density at radius 1 is 1.43 bits per heavy atom. The number of nitro benzene ring substituents is 1. The molecule has 0 fully saturated rings. The van der Waals surface area contributed by atoms with Gasteiger partial charge >= 0.3 is 5.97 Å². The lowest BCUT2D eigenvalue weighted by atomic mass is 10.2. The van der Waals surface area contributed by atoms with Crippen molar-refractivity contribution in [2.75, 3.05) is 17.2 Å². The van der Waals surface area contributed by atoms with Crippen LogP contribution >= 0.6 is 12.2 Å². The molecule has 21 heavy (non-hydrogen) atoms. The second kappa shape index (κ2) is 5.75. The number of nitrogens with two attached hydrogens (primary N) is 1. The number of ether oxygens (including phenoxy) is 1. The van der Waals surface area contributed by atoms with Crippen molar-refractivity contribution in [3.63, 3.8) is 0 Å². The smallest absolute Gasteiger partial charge is 0.344 e. The molecule has 9 heteroatoms. The number of esters is 1. The Labute approximate surface area is 125 Å². The third-order valence-corrected chi connectivity index (χ3v) is 3.01. The van der Waals surface area contributed by atoms with Gasteiger partial charge in [0.05, 0.1) is 22.9 Å². The molecule has 110 valence electrons. The van der Waals surface area contributed by atoms with Gasteiger partial charge in [0.2, 0.25) is 0 Å². The highest BCUT2D eigenvalue weighted by molar-refractivity contribution is 7.81. The summed E-state index contributed by atoms with van der Waals surface area (Å²) in [5, 5.41) is 16.3. The molecule has 1 aromatic carbocycles. The molecule has 4 N–H and O–H groups in total. The van der Waals surface area contributed by atoms with Gasteiger partial charge in [0.1, 0.15) is 16.4 Å². The maximum Gasteiger partial charge on any atom is 0.344 e. The van der Waals surface area contributed by atoms with Crippen LogP contribution in [0.25, 0.3) is 0 Å². The average molecular weight is 308 g/mol. The lowest BCUT2D eigenvalue weighted by Crippen LogP contribution is -2.25. The van der Waals surface area contributed by atoms with E-state index in [2.05, 4.69) is 10.6 Å². The quantitative estimate of drug-likeness (QED) is 0.332. The van der Waals surface area contributed by atoms with Crippen molar-refractivity contribution in [1.29, 1.82) is 0 Å². The van der Waals surface area contributed by atoms with E-state index in [1.807, 2.05) is 0 Å². The number of fused-ring (bicyclic) bond motifs is 1. The summed E-state index contributed by atoms with van der Waals surface area (Å²) in [6.07, 6.45) is 0. The number of hydrogen-bond donors (Lipinski definition) is 3. The molecule has 0 unspecified atom stereocenters. The molecule has 1 aromatic rings. The van der Waals surface area contributed by atoms with Crippen molar-refractivity contribution in [1.82, 2.24) is 0 Å². The molecule has 2 rings (SSSR count). The Morgan fingerprint density at radius 3 is 2.76 bits per heavy atom. The van der Waals surface area contributed by atoms with Gasteiger partial charge in [-0.25, -0.2) is 4.79 Å². The highest BCUT2D eigenvalue weighted by Crippen LogP contribution is 2.30. The first kappa shape index (κ1) is 14.7. The van der Waals surface area contributed by atoms with Crippen molar-refractivity contribution in [2.24, 2.45) is 5.73 Å². The van der Waals surface area contributed by atoms with Gasteiger partial charge in [0, 0.05) is 12.1 Å². The predicted molar refractivity (Wildman–Crippen MR) is 80.8 cm³/mol. The van der Waals surface area contributed by atoms with Crippen LogP contribution in [-0.2, 0) is 9.53 Å². The van der Waals surface area contributed by atoms with Gasteiger partial charge < -0.3 is 21.1 Å². The molecule has 0 saturated heterocycles. The van der Waals surface area contributed by atoms with Crippen LogP contribution in [-0.4, -0.2) is 22.5 Å². The third kappa shape index (κ3) is 2.92. The Morgan fingerprint density at radius 2 is 2.14 bits per heavy atom. The summed E-state index contributed by atoms with van der Waals surface area (Å²) in [5.74, 6) is -0.638. The second-order valence-corrected chi connectivity index (χ2v) is 4.48. The van der Waals surface area contributed by atoms with Crippen LogP contribution in [0.1, 0.15) is 6.92 Å². The zero-order valence-electron chi connectivity index (χ0n) is 11.0. The maximum absolute atomic E-state index is 11.9. The van der Waals surface area contributed by atoms with Gasteiger partial charge in [-0.2, -0.15) is 0 Å². The molecular weight excluding hydrogens is 296 g/mol. The van der Waals surface area contributed by atoms with Crippen LogP contribution in [0.5, 0.6) is 0 Å². The normalized spacial score (nSPS) is 13.7. The molecule has 8 nitrogen and oxygen atoms in total. The summed E-state index contributed by atoms with van der Waals surface area (Å²) in [5.41, 5.74) is 6.53. The number of non-ortho nitro benzene ring substituents is 1. The standard InChI is InChI=1S/C12H12N4O4S/c1-2-20-12(17)9-10(13)14-7-4-3-6(16(18)19)5-8(7)15-11(9)21/h3-5,14H,2,13H2,1H3,(H,15,21). The number of rotatable bonds is 3. The van der Waals surface area contributed by atoms with Gasteiger partial charge in [0.25, 0.3) is 5.69 Å². The zero-order valence-corrected chi connectivity index (χ0v) is 11.8. The Bertz CT molecular complexity index is 671. The van der Waals surface area contributed by atoms with Crippen molar-refractivity contribution < 1.29 is 14.5 Å². The van der Waals surface area contributed by atoms with E-state index in [1.165, 1.54) is 18.2 Å². The van der Waals surface area contributed by atoms with Gasteiger partial charge in [-0.05, 0) is 13.0 Å². The van der Waals surface area contributed by atoms with Gasteiger partial charge in [-0.1, -0.05) is 12.2 Å². The molecule has 0 atom stereocenters. The van der Waals surface area contributed by atoms with Crippen LogP contribution in [0.2, 0.25) is 0 Å². The van der Waals surface area contributed by atoms with Crippen molar-refractivity contribution in [3.8, 4) is 0 Å². The summed E-state index contributed by atoms with van der Waals surface area (Å²) in [4.78, 5) is 22.2. The number of nitrogens with zero attached hydrogens (tertiary/aromatic N) is 1. The highest BCUT2D eigenvalue weighted by atomic mass is 32.1. The summed E-state index contributed by atoms with van der Waals surface area (Å²) in [7, 11) is 0. The lowest BCUT2D eigenvalue weighted by Gasteiger charge is -2.09. The van der Waals surface area contributed by atoms with Gasteiger partial charge in [-0.15, -0.1) is 0 Å². The fourth-order valence-electron chi connectivity index (χ4n) is 1.78. The molecule has 0 spiro atoms. The molecular formula is C12H12N4O4S. The largest absolute Gasteiger partial charge is 0.462 e. The second-order valence-electron chi connectivity index (χ2n) is 4.08. The minimum absolute atomic E-state index is 0.00861. The van der Waals surface area contributed by atoms with E-state index in [9.17, 15) is 14.9 Å². The number of anilines is 2. The minimum Gasteiger partial charge on any atom is -0.462 e. The fraction of sp³-hybridized carbons (Fsp3) is 0.167. The van der Waals surface area contributed by atoms with E-state index < -0.39 is 10.9 Å². The topological polar surface area (TPSA) is 120 Å². The van der Waals surface area contributed by atoms with E-state index in [1.54, 1.807) is 6.92 Å². The lowest BCUT2D eigenvalue weighted by molar-refractivity contribution is -0.384. The van der Waals surface area contributed by atoms with Crippen LogP contribution in [0.3, 0.4) is 0 Å². The summed E-state index contributed by atoms with van der Waals surface area (Å²) in [6.45, 7) is 1.84. The fourth-order valence-corrected chi connectivity index (χ4v) is 2.08. The summed E-state index contributed by atoms with van der Waals surface area (Å²) in [6, 6.07) is 4.10. The number of nitro groups is 1. The van der Waals surface area contributed by atoms with Crippen LogP contribution < -0.4 is 16.4 Å². The Kier molecular flexibility index (Phi) is 4.03. The van der Waals surface area contributed by atoms with E-state index in [0.29, 0.717) is 11.4 Å². The predicted octanol–water partition coefficient (Wildman–Crippen LogP) is 1.49. The number of thiocarbonyl (C=S) groups is 1. The summed E-state index contributed by atoms with van der Waals surface area (Å²) < 4.78 is 4.89. The number of hydrogen-bond acceptors (Lipinski definition) is 7. The molecule has 0 amide bonds. The molecule has 1 heterocycles. The molecule has 0 radical (unpaired) electrons. The number of nitrogens with one attached hydrogen (secondary N) is 2. The van der Waals surface area contributed by atoms with Crippen LogP contribution in [0, 0.1) is 10.1 Å². The monoisotopic (exact) mass is 308 g/mol. The Balaban J connectivity index is 2.41. The number of benzene rings is 1. The molecule has 1 aliphatic heterocycles. The van der Waals surface area contributed by atoms with E-state index in [0.717, 1.165) is 0 Å². The van der Waals surface area contributed by atoms with E-state index >= 15 is 0 Å². The highest BCUT2D eigenvalue weighted by Gasteiger charge is 2.25. The maximum atomic E-state index is 11.9. The Hall–Kier alpha value is -2.68. The average Bonchev–Trinajstić information content (AvgIpc) is 2.52. The molecule has 0 bridgehead atoms. The first-order chi connectivity index (χ1) is 9.93. The van der Waals surface area contributed by atoms with E-state index in [-0.39, 0.29) is 28.7 Å². The SMILES string of the molecule is CCOC(=O)C1=C(N)Nc2ccc([N+](=O)[O-])cc2NC1=S. The van der Waals surface area contributed by atoms with Crippen molar-refractivity contribution in [2.45, 2.75) is 6.92 Å². The zero-order chi connectivity index (χ0) is 15.6. The van der Waals surface area contributed by atoms with Crippen LogP contribution in [0.4, 0.5) is 17.1 Å². The molecule has 1 aliphatic rings. The van der Waals surface area contributed by atoms with E-state index in [4.69, 9.17) is 22.7 Å². The molecule has 0 aliphatic carbocycles. The first-order valence-corrected chi connectivity index (χ1v) is 6.38. The van der Waals surface area contributed by atoms with Crippen LogP contribution in [0.15, 0.2) is 29.6 Å². The number of carbonyl (C=O) groups excluding carboxylic acids is 1. The molecule has 0 saturated carbocycles. The molecule has 0 aromatic heterocycles. The van der Waals surface area contributed by atoms with Gasteiger partial charge in [-0.3, -0.25) is 10.1 Å². The summed E-state index contributed by atoms with van der Waals surface area (Å²) >= 11 is 5.11. The van der Waals surface area contributed by atoms with Gasteiger partial charge in [0.15, 0.2) is 0 Å². The minimum atomic E-state index is -0.665. The van der Waals surface area contributed by atoms with Crippen molar-refractivity contribution >= 4 is 40.2 Å². The number of carbonyl (C=O) groups is 1. The first-order valence-electron chi connectivity index (χ1n) is 5.97.